The topological polar surface area (TPSA) is 40.5 Å². The normalized spacial score (nSPS) is 41.5. The zero-order chi connectivity index (χ0) is 12.8. The lowest BCUT2D eigenvalue weighted by Crippen LogP contribution is -2.46. The Morgan fingerprint density at radius 3 is 2.59 bits per heavy atom. The molecule has 1 fully saturated rings. The molecule has 2 rings (SSSR count). The summed E-state index contributed by atoms with van der Waals surface area (Å²) >= 11 is 0. The molecular formula is C15H24O2. The molecule has 0 radical (unpaired) electrons. The third-order valence-corrected chi connectivity index (χ3v) is 4.69. The van der Waals surface area contributed by atoms with Gasteiger partial charge in [-0.2, -0.15) is 0 Å². The number of aliphatic hydroxyl groups is 2. The first-order valence-electron chi connectivity index (χ1n) is 6.53. The number of fused-ring (bicyclic) bond motifs is 1. The van der Waals surface area contributed by atoms with Crippen LogP contribution in [0.15, 0.2) is 23.8 Å². The van der Waals surface area contributed by atoms with Gasteiger partial charge in [-0.25, -0.2) is 0 Å². The molecule has 0 aromatic rings. The second-order valence-corrected chi connectivity index (χ2v) is 6.50. The van der Waals surface area contributed by atoms with Crippen molar-refractivity contribution in [2.75, 3.05) is 0 Å². The van der Waals surface area contributed by atoms with Crippen molar-refractivity contribution >= 4 is 0 Å². The van der Waals surface area contributed by atoms with Crippen LogP contribution in [0.3, 0.4) is 0 Å². The molecule has 2 N–H and O–H groups in total. The molecule has 1 saturated carbocycles. The molecule has 4 atom stereocenters. The number of hydrogen-bond acceptors (Lipinski definition) is 2. The molecule has 0 bridgehead atoms. The van der Waals surface area contributed by atoms with E-state index in [1.807, 2.05) is 6.92 Å². The Bertz CT molecular complexity index is 354. The maximum atomic E-state index is 10.2. The Morgan fingerprint density at radius 2 is 2.00 bits per heavy atom. The van der Waals surface area contributed by atoms with E-state index in [1.165, 1.54) is 0 Å². The van der Waals surface area contributed by atoms with E-state index >= 15 is 0 Å². The number of aliphatic hydroxyl groups excluding tert-OH is 2. The highest BCUT2D eigenvalue weighted by atomic mass is 16.3. The van der Waals surface area contributed by atoms with Gasteiger partial charge in [-0.1, -0.05) is 32.1 Å². The molecule has 2 heteroatoms. The van der Waals surface area contributed by atoms with Crippen molar-refractivity contribution in [1.82, 2.24) is 0 Å². The Labute approximate surface area is 104 Å². The maximum Gasteiger partial charge on any atom is 0.0761 e. The fraction of sp³-hybridized carbons (Fsp3) is 0.733. The first kappa shape index (κ1) is 12.8. The first-order chi connectivity index (χ1) is 7.81. The predicted molar refractivity (Wildman–Crippen MR) is 69.5 cm³/mol. The maximum absolute atomic E-state index is 10.2. The van der Waals surface area contributed by atoms with Gasteiger partial charge >= 0.3 is 0 Å². The minimum Gasteiger partial charge on any atom is -0.389 e. The lowest BCUT2D eigenvalue weighted by atomic mass is 9.52. The van der Waals surface area contributed by atoms with Crippen LogP contribution in [0.25, 0.3) is 0 Å². The van der Waals surface area contributed by atoms with Crippen LogP contribution in [0.2, 0.25) is 0 Å². The summed E-state index contributed by atoms with van der Waals surface area (Å²) < 4.78 is 0. The van der Waals surface area contributed by atoms with Crippen molar-refractivity contribution in [1.29, 1.82) is 0 Å². The predicted octanol–water partition coefficient (Wildman–Crippen LogP) is 2.67. The molecule has 0 saturated heterocycles. The third kappa shape index (κ3) is 2.34. The van der Waals surface area contributed by atoms with Crippen molar-refractivity contribution < 1.29 is 10.2 Å². The van der Waals surface area contributed by atoms with E-state index in [2.05, 4.69) is 20.4 Å². The highest BCUT2D eigenvalue weighted by Gasteiger charge is 2.48. The van der Waals surface area contributed by atoms with Crippen LogP contribution in [0.4, 0.5) is 0 Å². The van der Waals surface area contributed by atoms with Gasteiger partial charge in [-0.05, 0) is 49.0 Å². The monoisotopic (exact) mass is 236 g/mol. The second-order valence-electron chi connectivity index (χ2n) is 6.50. The van der Waals surface area contributed by atoms with Crippen LogP contribution >= 0.6 is 0 Å². The van der Waals surface area contributed by atoms with E-state index < -0.39 is 12.2 Å². The van der Waals surface area contributed by atoms with Crippen LogP contribution in [0, 0.1) is 17.3 Å². The van der Waals surface area contributed by atoms with Crippen molar-refractivity contribution in [3.05, 3.63) is 23.8 Å². The number of rotatable bonds is 0. The molecule has 0 aliphatic heterocycles. The molecule has 2 aliphatic rings. The Kier molecular flexibility index (Phi) is 3.21. The molecule has 0 spiro atoms. The van der Waals surface area contributed by atoms with Gasteiger partial charge in [0.25, 0.3) is 0 Å². The van der Waals surface area contributed by atoms with Gasteiger partial charge < -0.3 is 10.2 Å². The molecule has 17 heavy (non-hydrogen) atoms. The summed E-state index contributed by atoms with van der Waals surface area (Å²) in [5, 5.41) is 20.1. The average molecular weight is 236 g/mol. The largest absolute Gasteiger partial charge is 0.389 e. The molecule has 2 nitrogen and oxygen atoms in total. The van der Waals surface area contributed by atoms with Crippen molar-refractivity contribution in [3.63, 3.8) is 0 Å². The summed E-state index contributed by atoms with van der Waals surface area (Å²) in [4.78, 5) is 0. The summed E-state index contributed by atoms with van der Waals surface area (Å²) in [5.74, 6) is 0.979. The summed E-state index contributed by atoms with van der Waals surface area (Å²) in [6.07, 6.45) is 3.46. The van der Waals surface area contributed by atoms with Crippen molar-refractivity contribution in [2.24, 2.45) is 17.3 Å². The van der Waals surface area contributed by atoms with E-state index in [9.17, 15) is 10.2 Å². The van der Waals surface area contributed by atoms with E-state index in [-0.39, 0.29) is 0 Å². The van der Waals surface area contributed by atoms with Crippen LogP contribution < -0.4 is 0 Å². The Morgan fingerprint density at radius 1 is 1.35 bits per heavy atom. The summed E-state index contributed by atoms with van der Waals surface area (Å²) in [7, 11) is 0. The summed E-state index contributed by atoms with van der Waals surface area (Å²) in [6, 6.07) is 0. The third-order valence-electron chi connectivity index (χ3n) is 4.69. The van der Waals surface area contributed by atoms with Gasteiger partial charge in [0.1, 0.15) is 0 Å². The smallest absolute Gasteiger partial charge is 0.0761 e. The summed E-state index contributed by atoms with van der Waals surface area (Å²) in [6.45, 7) is 10.6. The molecule has 0 amide bonds. The molecule has 2 aliphatic carbocycles. The quantitative estimate of drug-likeness (QED) is 0.635. The van der Waals surface area contributed by atoms with Gasteiger partial charge in [0.05, 0.1) is 12.2 Å². The van der Waals surface area contributed by atoms with Crippen LogP contribution in [-0.4, -0.2) is 22.4 Å². The molecular weight excluding hydrogens is 212 g/mol. The number of hydrogen-bond donors (Lipinski definition) is 2. The molecule has 0 heterocycles. The molecule has 0 aromatic carbocycles. The van der Waals surface area contributed by atoms with E-state index in [4.69, 9.17) is 0 Å². The van der Waals surface area contributed by atoms with Crippen molar-refractivity contribution in [2.45, 2.75) is 52.2 Å². The van der Waals surface area contributed by atoms with Gasteiger partial charge in [-0.3, -0.25) is 0 Å². The summed E-state index contributed by atoms with van der Waals surface area (Å²) in [5.41, 5.74) is 2.35. The standard InChI is InChI=1S/C15H24O2/c1-9-5-11(16)6-10(2)14(17)7-13-12(9)8-15(13,3)4/h6,11-14,16-17H,1,5,7-8H2,2-4H3/t11-,12+,13-,14-/m1/s1. The second kappa shape index (κ2) is 4.25. The molecule has 96 valence electrons. The van der Waals surface area contributed by atoms with Crippen LogP contribution in [-0.2, 0) is 0 Å². The highest BCUT2D eigenvalue weighted by molar-refractivity contribution is 5.20. The van der Waals surface area contributed by atoms with Gasteiger partial charge in [0.15, 0.2) is 0 Å². The lowest BCUT2D eigenvalue weighted by Gasteiger charge is -2.53. The van der Waals surface area contributed by atoms with E-state index in [0.717, 1.165) is 24.0 Å². The van der Waals surface area contributed by atoms with Crippen LogP contribution in [0.1, 0.15) is 40.0 Å². The minimum atomic E-state index is -0.486. The van der Waals surface area contributed by atoms with E-state index in [1.54, 1.807) is 6.08 Å². The zero-order valence-electron chi connectivity index (χ0n) is 11.1. The Balaban J connectivity index is 2.24. The van der Waals surface area contributed by atoms with Crippen LogP contribution in [0.5, 0.6) is 0 Å². The van der Waals surface area contributed by atoms with E-state index in [0.29, 0.717) is 23.7 Å². The first-order valence-corrected chi connectivity index (χ1v) is 6.53. The fourth-order valence-electron chi connectivity index (χ4n) is 3.48. The van der Waals surface area contributed by atoms with Crippen molar-refractivity contribution in [3.8, 4) is 0 Å². The molecule has 0 unspecified atom stereocenters. The van der Waals surface area contributed by atoms with Gasteiger partial charge in [0.2, 0.25) is 0 Å². The SMILES string of the molecule is C=C1C[C@@H](O)C=C(C)[C@H](O)C[C@@H]2[C@H]1CC2(C)C. The average Bonchev–Trinajstić information content (AvgIpc) is 2.23. The van der Waals surface area contributed by atoms with Gasteiger partial charge in [0, 0.05) is 0 Å². The minimum absolute atomic E-state index is 0.296. The zero-order valence-corrected chi connectivity index (χ0v) is 11.1. The molecule has 0 aromatic heterocycles. The highest BCUT2D eigenvalue weighted by Crippen LogP contribution is 2.56. The fourth-order valence-corrected chi connectivity index (χ4v) is 3.48. The Hall–Kier alpha value is -0.600. The van der Waals surface area contributed by atoms with Gasteiger partial charge in [-0.15, -0.1) is 0 Å². The lowest BCUT2D eigenvalue weighted by molar-refractivity contribution is -0.0206.